The minimum absolute atomic E-state index is 0.189. The van der Waals surface area contributed by atoms with Gasteiger partial charge in [-0.15, -0.1) is 0 Å². The fraction of sp³-hybridized carbons (Fsp3) is 0.421. The predicted octanol–water partition coefficient (Wildman–Crippen LogP) is 3.99. The van der Waals surface area contributed by atoms with Crippen molar-refractivity contribution >= 4 is 11.5 Å². The molecule has 4 heteroatoms. The molecule has 2 aromatic rings. The zero-order valence-electron chi connectivity index (χ0n) is 13.3. The Morgan fingerprint density at radius 3 is 2.78 bits per heavy atom. The Labute approximate surface area is 137 Å². The maximum Gasteiger partial charge on any atom is 0.108 e. The van der Waals surface area contributed by atoms with Gasteiger partial charge in [-0.05, 0) is 30.9 Å². The van der Waals surface area contributed by atoms with Gasteiger partial charge in [0.15, 0.2) is 0 Å². The number of benzene rings is 1. The Balaban J connectivity index is 1.67. The smallest absolute Gasteiger partial charge is 0.108 e. The van der Waals surface area contributed by atoms with E-state index in [-0.39, 0.29) is 5.41 Å². The van der Waals surface area contributed by atoms with E-state index in [2.05, 4.69) is 39.6 Å². The topological polar surface area (TPSA) is 50.2 Å². The van der Waals surface area contributed by atoms with E-state index in [0.717, 1.165) is 18.0 Å². The average Bonchev–Trinajstić information content (AvgIpc) is 2.61. The molecule has 118 valence electrons. The molecule has 4 rings (SSSR count). The fourth-order valence-corrected chi connectivity index (χ4v) is 3.93. The standard InChI is InChI=1S/C19H22N4/c1-4-8-19(9-5-1)12-15-6-2-3-7-17(15)23-18(19)22-14-16-13-20-10-11-21-16/h2-3,6-7,10-11,13H,1,4-5,8-9,12,14H2,(H,22,23). The molecular formula is C19H22N4. The first-order valence-electron chi connectivity index (χ1n) is 8.51. The molecule has 0 unspecified atom stereocenters. The molecule has 1 N–H and O–H groups in total. The molecular weight excluding hydrogens is 284 g/mol. The van der Waals surface area contributed by atoms with Crippen molar-refractivity contribution in [2.75, 3.05) is 5.32 Å². The van der Waals surface area contributed by atoms with Gasteiger partial charge >= 0.3 is 0 Å². The summed E-state index contributed by atoms with van der Waals surface area (Å²) in [4.78, 5) is 13.4. The highest BCUT2D eigenvalue weighted by Gasteiger charge is 2.40. The number of fused-ring (bicyclic) bond motifs is 1. The van der Waals surface area contributed by atoms with E-state index in [4.69, 9.17) is 4.99 Å². The second-order valence-electron chi connectivity index (χ2n) is 6.66. The van der Waals surface area contributed by atoms with Crippen LogP contribution in [0.2, 0.25) is 0 Å². The molecule has 1 saturated carbocycles. The Morgan fingerprint density at radius 1 is 1.09 bits per heavy atom. The maximum absolute atomic E-state index is 4.93. The minimum Gasteiger partial charge on any atom is -0.343 e. The lowest BCUT2D eigenvalue weighted by molar-refractivity contribution is 0.278. The quantitative estimate of drug-likeness (QED) is 0.912. The van der Waals surface area contributed by atoms with Gasteiger partial charge in [-0.1, -0.05) is 37.5 Å². The van der Waals surface area contributed by atoms with Crippen LogP contribution in [0.1, 0.15) is 43.4 Å². The number of nitrogens with one attached hydrogen (secondary N) is 1. The highest BCUT2D eigenvalue weighted by molar-refractivity contribution is 6.02. The van der Waals surface area contributed by atoms with Gasteiger partial charge in [-0.2, -0.15) is 0 Å². The summed E-state index contributed by atoms with van der Waals surface area (Å²) < 4.78 is 0. The molecule has 0 radical (unpaired) electrons. The zero-order valence-corrected chi connectivity index (χ0v) is 13.3. The lowest BCUT2D eigenvalue weighted by Gasteiger charge is -2.42. The van der Waals surface area contributed by atoms with Crippen molar-refractivity contribution in [1.82, 2.24) is 9.97 Å². The Hall–Kier alpha value is -2.23. The normalized spacial score (nSPS) is 21.0. The van der Waals surface area contributed by atoms with Crippen molar-refractivity contribution in [3.8, 4) is 0 Å². The van der Waals surface area contributed by atoms with Crippen LogP contribution in [0.25, 0.3) is 0 Å². The SMILES string of the molecule is c1ccc2c(c1)CC1(CCCCC1)C(=NCc1cnccn1)N2. The molecule has 0 atom stereocenters. The van der Waals surface area contributed by atoms with Crippen LogP contribution in [-0.2, 0) is 13.0 Å². The summed E-state index contributed by atoms with van der Waals surface area (Å²) in [5, 5.41) is 3.63. The summed E-state index contributed by atoms with van der Waals surface area (Å²) in [6.45, 7) is 0.597. The second-order valence-corrected chi connectivity index (χ2v) is 6.66. The van der Waals surface area contributed by atoms with Crippen LogP contribution in [0.3, 0.4) is 0 Å². The first-order chi connectivity index (χ1) is 11.4. The number of aromatic nitrogens is 2. The van der Waals surface area contributed by atoms with Crippen molar-refractivity contribution in [2.24, 2.45) is 10.4 Å². The molecule has 4 nitrogen and oxygen atoms in total. The van der Waals surface area contributed by atoms with Crippen LogP contribution in [0.4, 0.5) is 5.69 Å². The summed E-state index contributed by atoms with van der Waals surface area (Å²) in [5.41, 5.74) is 3.75. The molecule has 0 saturated heterocycles. The number of para-hydroxylation sites is 1. The lowest BCUT2D eigenvalue weighted by Crippen LogP contribution is -2.43. The minimum atomic E-state index is 0.189. The van der Waals surface area contributed by atoms with Crippen LogP contribution in [0.5, 0.6) is 0 Å². The molecule has 1 aromatic heterocycles. The maximum atomic E-state index is 4.93. The van der Waals surface area contributed by atoms with Crippen LogP contribution < -0.4 is 5.32 Å². The number of hydrogen-bond acceptors (Lipinski definition) is 3. The van der Waals surface area contributed by atoms with Crippen LogP contribution in [-0.4, -0.2) is 15.8 Å². The summed E-state index contributed by atoms with van der Waals surface area (Å²) in [5.74, 6) is 1.15. The number of anilines is 1. The number of hydrogen-bond donors (Lipinski definition) is 1. The van der Waals surface area contributed by atoms with Crippen LogP contribution in [0.15, 0.2) is 47.8 Å². The highest BCUT2D eigenvalue weighted by Crippen LogP contribution is 2.44. The first-order valence-corrected chi connectivity index (χ1v) is 8.51. The van der Waals surface area contributed by atoms with Crippen molar-refractivity contribution in [1.29, 1.82) is 0 Å². The Morgan fingerprint density at radius 2 is 1.96 bits per heavy atom. The van der Waals surface area contributed by atoms with Gasteiger partial charge in [0.25, 0.3) is 0 Å². The van der Waals surface area contributed by atoms with Crippen LogP contribution in [0, 0.1) is 5.41 Å². The third-order valence-electron chi connectivity index (χ3n) is 5.13. The molecule has 2 aliphatic rings. The van der Waals surface area contributed by atoms with Gasteiger partial charge in [0, 0.05) is 23.5 Å². The van der Waals surface area contributed by atoms with E-state index in [1.807, 2.05) is 0 Å². The number of nitrogens with zero attached hydrogens (tertiary/aromatic N) is 3. The van der Waals surface area contributed by atoms with Crippen LogP contribution >= 0.6 is 0 Å². The van der Waals surface area contributed by atoms with E-state index in [1.165, 1.54) is 43.4 Å². The molecule has 1 aliphatic heterocycles. The van der Waals surface area contributed by atoms with Crippen molar-refractivity contribution in [3.05, 3.63) is 54.1 Å². The Bertz CT molecular complexity index is 702. The monoisotopic (exact) mass is 306 g/mol. The van der Waals surface area contributed by atoms with Crippen molar-refractivity contribution < 1.29 is 0 Å². The number of amidine groups is 1. The van der Waals surface area contributed by atoms with Gasteiger partial charge in [-0.3, -0.25) is 15.0 Å². The summed E-state index contributed by atoms with van der Waals surface area (Å²) in [7, 11) is 0. The Kier molecular flexibility index (Phi) is 3.82. The van der Waals surface area contributed by atoms with E-state index >= 15 is 0 Å². The third kappa shape index (κ3) is 2.85. The second kappa shape index (κ2) is 6.11. The largest absolute Gasteiger partial charge is 0.343 e. The highest BCUT2D eigenvalue weighted by atomic mass is 15.0. The summed E-state index contributed by atoms with van der Waals surface area (Å²) in [6.07, 6.45) is 12.7. The third-order valence-corrected chi connectivity index (χ3v) is 5.13. The van der Waals surface area contributed by atoms with E-state index in [9.17, 15) is 0 Å². The van der Waals surface area contributed by atoms with E-state index < -0.39 is 0 Å². The average molecular weight is 306 g/mol. The molecule has 2 heterocycles. The van der Waals surface area contributed by atoms with Gasteiger partial charge in [0.1, 0.15) is 5.84 Å². The van der Waals surface area contributed by atoms with Crippen molar-refractivity contribution in [3.63, 3.8) is 0 Å². The van der Waals surface area contributed by atoms with E-state index in [0.29, 0.717) is 6.54 Å². The first kappa shape index (κ1) is 14.4. The molecule has 1 aromatic carbocycles. The summed E-state index contributed by atoms with van der Waals surface area (Å²) in [6, 6.07) is 8.63. The van der Waals surface area contributed by atoms with Gasteiger partial charge in [0.2, 0.25) is 0 Å². The zero-order chi connectivity index (χ0) is 15.5. The molecule has 1 aliphatic carbocycles. The lowest BCUT2D eigenvalue weighted by atomic mass is 9.67. The molecule has 23 heavy (non-hydrogen) atoms. The number of aliphatic imine (C=N–C) groups is 1. The van der Waals surface area contributed by atoms with Gasteiger partial charge < -0.3 is 5.32 Å². The molecule has 0 amide bonds. The molecule has 0 bridgehead atoms. The molecule has 1 fully saturated rings. The molecule has 1 spiro atoms. The summed E-state index contributed by atoms with van der Waals surface area (Å²) >= 11 is 0. The van der Waals surface area contributed by atoms with E-state index in [1.54, 1.807) is 18.6 Å². The predicted molar refractivity (Wildman–Crippen MR) is 92.5 cm³/mol. The fourth-order valence-electron chi connectivity index (χ4n) is 3.93. The van der Waals surface area contributed by atoms with Gasteiger partial charge in [-0.25, -0.2) is 0 Å². The van der Waals surface area contributed by atoms with Crippen molar-refractivity contribution in [2.45, 2.75) is 45.1 Å². The number of rotatable bonds is 2. The van der Waals surface area contributed by atoms with Gasteiger partial charge in [0.05, 0.1) is 18.4 Å².